The molecule has 0 aromatic carbocycles. The van der Waals surface area contributed by atoms with Gasteiger partial charge in [0.1, 0.15) is 6.61 Å². The van der Waals surface area contributed by atoms with Crippen LogP contribution in [0.4, 0.5) is 0 Å². The Balaban J connectivity index is 2.61. The van der Waals surface area contributed by atoms with E-state index in [9.17, 15) is 4.79 Å². The van der Waals surface area contributed by atoms with Crippen LogP contribution in [0.1, 0.15) is 55.5 Å². The molecule has 0 saturated carbocycles. The van der Waals surface area contributed by atoms with E-state index < -0.39 is 0 Å². The average molecular weight is 279 g/mol. The van der Waals surface area contributed by atoms with E-state index in [-0.39, 0.29) is 12.6 Å². The third kappa shape index (κ3) is 4.63. The topological polar surface area (TPSA) is 39.2 Å². The first-order valence-electron chi connectivity index (χ1n) is 6.52. The number of rotatable bonds is 6. The summed E-state index contributed by atoms with van der Waals surface area (Å²) in [7, 11) is 0. The number of nitrogens with zero attached hydrogens (tertiary/aromatic N) is 1. The van der Waals surface area contributed by atoms with Gasteiger partial charge in [-0.05, 0) is 25.8 Å². The normalized spacial score (nSPS) is 13.8. The van der Waals surface area contributed by atoms with Gasteiger partial charge in [-0.2, -0.15) is 0 Å². The molecule has 0 bridgehead atoms. The molecule has 0 N–H and O–H groups in total. The molecule has 0 aliphatic carbocycles. The second kappa shape index (κ2) is 7.89. The van der Waals surface area contributed by atoms with E-state index >= 15 is 0 Å². The van der Waals surface area contributed by atoms with Crippen molar-refractivity contribution in [1.29, 1.82) is 0 Å². The number of aromatic nitrogens is 1. The molecule has 1 rings (SSSR count). The predicted octanol–water partition coefficient (Wildman–Crippen LogP) is 4.34. The second-order valence-electron chi connectivity index (χ2n) is 4.32. The summed E-state index contributed by atoms with van der Waals surface area (Å²) < 4.78 is 5.25. The van der Waals surface area contributed by atoms with Crippen LogP contribution in [-0.2, 0) is 4.74 Å². The van der Waals surface area contributed by atoms with Crippen LogP contribution in [0, 0.1) is 0 Å². The average Bonchev–Trinajstić information content (AvgIpc) is 2.92. The number of thiazole rings is 1. The molecule has 0 amide bonds. The molecule has 0 radical (unpaired) electrons. The fourth-order valence-corrected chi connectivity index (χ4v) is 2.38. The number of carbonyl (C=O) groups excluding carboxylic acids is 1. The van der Waals surface area contributed by atoms with Crippen molar-refractivity contribution in [3.8, 4) is 0 Å². The Morgan fingerprint density at radius 2 is 2.26 bits per heavy atom. The Hall–Kier alpha value is -1.42. The molecular weight excluding hydrogens is 258 g/mol. The van der Waals surface area contributed by atoms with Crippen LogP contribution >= 0.6 is 11.3 Å². The zero-order valence-electron chi connectivity index (χ0n) is 12.0. The van der Waals surface area contributed by atoms with Crippen molar-refractivity contribution in [3.05, 3.63) is 39.9 Å². The third-order valence-corrected chi connectivity index (χ3v) is 3.96. The first kappa shape index (κ1) is 15.6. The van der Waals surface area contributed by atoms with E-state index in [1.54, 1.807) is 5.38 Å². The molecule has 0 aliphatic heterocycles. The molecule has 19 heavy (non-hydrogen) atoms. The molecular formula is C15H21NO2S. The molecule has 0 aliphatic rings. The highest BCUT2D eigenvalue weighted by Gasteiger charge is 2.15. The van der Waals surface area contributed by atoms with Crippen molar-refractivity contribution in [2.45, 2.75) is 40.0 Å². The lowest BCUT2D eigenvalue weighted by Crippen LogP contribution is -2.08. The fraction of sp³-hybridized carbons (Fsp3) is 0.467. The van der Waals surface area contributed by atoms with E-state index in [1.807, 2.05) is 32.1 Å². The Morgan fingerprint density at radius 1 is 1.53 bits per heavy atom. The highest BCUT2D eigenvalue weighted by atomic mass is 32.1. The van der Waals surface area contributed by atoms with Gasteiger partial charge >= 0.3 is 5.97 Å². The van der Waals surface area contributed by atoms with Gasteiger partial charge in [0.15, 0.2) is 5.69 Å². The van der Waals surface area contributed by atoms with Gasteiger partial charge in [0, 0.05) is 11.3 Å². The Morgan fingerprint density at radius 3 is 2.84 bits per heavy atom. The highest BCUT2D eigenvalue weighted by molar-refractivity contribution is 7.09. The van der Waals surface area contributed by atoms with Crippen molar-refractivity contribution in [1.82, 2.24) is 4.98 Å². The van der Waals surface area contributed by atoms with E-state index in [0.717, 1.165) is 17.0 Å². The third-order valence-electron chi connectivity index (χ3n) is 2.89. The monoisotopic (exact) mass is 279 g/mol. The van der Waals surface area contributed by atoms with Gasteiger partial charge in [0.2, 0.25) is 0 Å². The van der Waals surface area contributed by atoms with Gasteiger partial charge in [-0.3, -0.25) is 0 Å². The first-order chi connectivity index (χ1) is 9.12. The summed E-state index contributed by atoms with van der Waals surface area (Å²) in [6.45, 7) is 8.37. The van der Waals surface area contributed by atoms with E-state index in [1.165, 1.54) is 11.3 Å². The van der Waals surface area contributed by atoms with Gasteiger partial charge < -0.3 is 4.74 Å². The minimum absolute atomic E-state index is 0.288. The van der Waals surface area contributed by atoms with Crippen LogP contribution in [0.25, 0.3) is 0 Å². The lowest BCUT2D eigenvalue weighted by Gasteiger charge is -2.04. The molecule has 1 unspecified atom stereocenters. The lowest BCUT2D eigenvalue weighted by atomic mass is 10.1. The molecule has 4 heteroatoms. The fourth-order valence-electron chi connectivity index (χ4n) is 1.45. The van der Waals surface area contributed by atoms with Crippen LogP contribution in [0.15, 0.2) is 29.2 Å². The van der Waals surface area contributed by atoms with Crippen LogP contribution < -0.4 is 0 Å². The predicted molar refractivity (Wildman–Crippen MR) is 79.7 cm³/mol. The maximum atomic E-state index is 11.9. The number of allylic oxidation sites excluding steroid dienone is 2. The number of ether oxygens (including phenoxy) is 1. The number of esters is 1. The maximum absolute atomic E-state index is 11.9. The zero-order chi connectivity index (χ0) is 14.3. The summed E-state index contributed by atoms with van der Waals surface area (Å²) in [6.07, 6.45) is 6.80. The quantitative estimate of drug-likeness (QED) is 0.574. The Kier molecular flexibility index (Phi) is 6.50. The number of hydrogen-bond donors (Lipinski definition) is 0. The van der Waals surface area contributed by atoms with Crippen LogP contribution in [-0.4, -0.2) is 17.6 Å². The van der Waals surface area contributed by atoms with Gasteiger partial charge in [-0.1, -0.05) is 32.1 Å². The summed E-state index contributed by atoms with van der Waals surface area (Å²) in [6, 6.07) is 0. The van der Waals surface area contributed by atoms with Gasteiger partial charge in [0.25, 0.3) is 0 Å². The maximum Gasteiger partial charge on any atom is 0.358 e. The molecule has 3 nitrogen and oxygen atoms in total. The van der Waals surface area contributed by atoms with Gasteiger partial charge in [-0.15, -0.1) is 11.3 Å². The highest BCUT2D eigenvalue weighted by Crippen LogP contribution is 2.22. The Bertz CT molecular complexity index is 474. The number of carbonyl (C=O) groups is 1. The molecule has 0 spiro atoms. The van der Waals surface area contributed by atoms with Crippen LogP contribution in [0.3, 0.4) is 0 Å². The molecule has 1 heterocycles. The van der Waals surface area contributed by atoms with Gasteiger partial charge in [-0.25, -0.2) is 9.78 Å². The van der Waals surface area contributed by atoms with Crippen molar-refractivity contribution in [3.63, 3.8) is 0 Å². The van der Waals surface area contributed by atoms with Crippen LogP contribution in [0.2, 0.25) is 0 Å². The van der Waals surface area contributed by atoms with E-state index in [4.69, 9.17) is 4.74 Å². The molecule has 0 fully saturated rings. The minimum atomic E-state index is -0.352. The summed E-state index contributed by atoms with van der Waals surface area (Å²) in [5, 5.41) is 2.77. The second-order valence-corrected chi connectivity index (χ2v) is 5.21. The molecule has 0 saturated heterocycles. The van der Waals surface area contributed by atoms with Gasteiger partial charge in [0.05, 0.1) is 5.01 Å². The molecule has 1 atom stereocenters. The van der Waals surface area contributed by atoms with Crippen molar-refractivity contribution < 1.29 is 9.53 Å². The Labute approximate surface area is 119 Å². The largest absolute Gasteiger partial charge is 0.456 e. The van der Waals surface area contributed by atoms with E-state index in [2.05, 4.69) is 18.8 Å². The molecule has 1 aromatic rings. The standard InChI is InChI=1S/C15H21NO2S/c1-5-8-12(7-3)9-18-15(17)13-10-19-14(16-13)11(4)6-2/h5,7-8,10-11H,6,9H2,1-4H3. The summed E-state index contributed by atoms with van der Waals surface area (Å²) in [5.41, 5.74) is 1.39. The van der Waals surface area contributed by atoms with Crippen molar-refractivity contribution >= 4 is 17.3 Å². The summed E-state index contributed by atoms with van der Waals surface area (Å²) >= 11 is 1.52. The molecule has 104 valence electrons. The zero-order valence-corrected chi connectivity index (χ0v) is 12.8. The smallest absolute Gasteiger partial charge is 0.358 e. The lowest BCUT2D eigenvalue weighted by molar-refractivity contribution is 0.0536. The van der Waals surface area contributed by atoms with Crippen LogP contribution in [0.5, 0.6) is 0 Å². The van der Waals surface area contributed by atoms with Crippen molar-refractivity contribution in [2.24, 2.45) is 0 Å². The van der Waals surface area contributed by atoms with Crippen molar-refractivity contribution in [2.75, 3.05) is 6.61 Å². The first-order valence-corrected chi connectivity index (χ1v) is 7.40. The minimum Gasteiger partial charge on any atom is -0.456 e. The van der Waals surface area contributed by atoms with E-state index in [0.29, 0.717) is 11.6 Å². The summed E-state index contributed by atoms with van der Waals surface area (Å²) in [4.78, 5) is 16.2. The molecule has 1 aromatic heterocycles. The summed E-state index contributed by atoms with van der Waals surface area (Å²) in [5.74, 6) is 0.0373. The SMILES string of the molecule is CC=CC(=CC)COC(=O)c1csc(C(C)CC)n1. The number of hydrogen-bond acceptors (Lipinski definition) is 4.